The van der Waals surface area contributed by atoms with E-state index in [0.717, 1.165) is 8.20 Å². The Morgan fingerprint density at radius 1 is 0.533 bits per heavy atom. The van der Waals surface area contributed by atoms with Gasteiger partial charge in [-0.15, -0.1) is 0 Å². The molecule has 0 aromatic heterocycles. The van der Waals surface area contributed by atoms with Crippen LogP contribution in [0.2, 0.25) is 19.6 Å². The van der Waals surface area contributed by atoms with Crippen molar-refractivity contribution in [2.45, 2.75) is 177 Å². The summed E-state index contributed by atoms with van der Waals surface area (Å²) in [7, 11) is -1.85. The second-order valence-electron chi connectivity index (χ2n) is 20.4. The Morgan fingerprint density at radius 3 is 1.07 bits per heavy atom. The first-order chi connectivity index (χ1) is 19.7. The average Bonchev–Trinajstić information content (AvgIpc) is 2.78. The number of benzene rings is 2. The predicted molar refractivity (Wildman–Crippen MR) is 216 cm³/mol. The van der Waals surface area contributed by atoms with Crippen molar-refractivity contribution in [3.63, 3.8) is 0 Å². The minimum Gasteiger partial charge on any atom is -0.0876 e. The minimum atomic E-state index is -1.87. The van der Waals surface area contributed by atoms with Gasteiger partial charge in [-0.3, -0.25) is 0 Å². The molecule has 0 amide bonds. The van der Waals surface area contributed by atoms with E-state index in [4.69, 9.17) is 11.2 Å². The molecular formula is C41H67ClP2Si. The molecule has 252 valence electrons. The molecule has 0 saturated heterocycles. The van der Waals surface area contributed by atoms with Gasteiger partial charge in [0.15, 0.2) is 0 Å². The Labute approximate surface area is 289 Å². The number of halogens is 1. The fraction of sp³-hybridized carbons (Fsp3) is 0.659. The van der Waals surface area contributed by atoms with Gasteiger partial charge in [0.2, 0.25) is 0 Å². The highest BCUT2D eigenvalue weighted by atomic mass is 35.7. The van der Waals surface area contributed by atoms with Gasteiger partial charge in [0.05, 0.1) is 15.3 Å². The van der Waals surface area contributed by atoms with Gasteiger partial charge < -0.3 is 0 Å². The van der Waals surface area contributed by atoms with Gasteiger partial charge in [0.25, 0.3) is 0 Å². The van der Waals surface area contributed by atoms with Gasteiger partial charge >= 0.3 is 0 Å². The van der Waals surface area contributed by atoms with Crippen molar-refractivity contribution in [1.29, 1.82) is 0 Å². The third-order valence-corrected chi connectivity index (χ3v) is 17.0. The fourth-order valence-electron chi connectivity index (χ4n) is 5.48. The molecule has 0 aliphatic heterocycles. The molecule has 0 bridgehead atoms. The summed E-state index contributed by atoms with van der Waals surface area (Å²) < 4.78 is 0. The lowest BCUT2D eigenvalue weighted by molar-refractivity contribution is 0.553. The zero-order valence-electron chi connectivity index (χ0n) is 33.1. The summed E-state index contributed by atoms with van der Waals surface area (Å²) >= 11 is 7.95. The van der Waals surface area contributed by atoms with E-state index >= 15 is 0 Å². The molecule has 2 rings (SSSR count). The molecule has 0 nitrogen and oxygen atoms in total. The monoisotopic (exact) mass is 684 g/mol. The van der Waals surface area contributed by atoms with Crippen molar-refractivity contribution in [3.8, 4) is 0 Å². The first-order valence-electron chi connectivity index (χ1n) is 16.9. The van der Waals surface area contributed by atoms with Crippen LogP contribution in [-0.2, 0) is 32.5 Å². The lowest BCUT2D eigenvalue weighted by Crippen LogP contribution is -2.33. The van der Waals surface area contributed by atoms with Gasteiger partial charge in [-0.25, -0.2) is 0 Å². The lowest BCUT2D eigenvalue weighted by Gasteiger charge is -2.36. The molecule has 0 N–H and O–H groups in total. The van der Waals surface area contributed by atoms with E-state index < -0.39 is 15.3 Å². The molecule has 0 aliphatic rings. The number of hydrogen-bond acceptors (Lipinski definition) is 0. The fourth-order valence-corrected chi connectivity index (χ4v) is 16.1. The third kappa shape index (κ3) is 9.93. The van der Waals surface area contributed by atoms with Crippen LogP contribution >= 0.6 is 26.7 Å². The third-order valence-electron chi connectivity index (χ3n) is 8.56. The molecule has 0 heterocycles. The summed E-state index contributed by atoms with van der Waals surface area (Å²) in [6.45, 7) is 49.6. The van der Waals surface area contributed by atoms with Crippen molar-refractivity contribution < 1.29 is 0 Å². The molecule has 4 heteroatoms. The highest BCUT2D eigenvalue weighted by molar-refractivity contribution is 7.96. The van der Waals surface area contributed by atoms with E-state index in [9.17, 15) is 0 Å². The highest BCUT2D eigenvalue weighted by Crippen LogP contribution is 2.55. The van der Waals surface area contributed by atoms with Crippen LogP contribution in [0.1, 0.15) is 158 Å². The van der Waals surface area contributed by atoms with Crippen molar-refractivity contribution in [1.82, 2.24) is 0 Å². The molecule has 2 aromatic rings. The first-order valence-corrected chi connectivity index (χ1v) is 23.5. The molecule has 2 aromatic carbocycles. The van der Waals surface area contributed by atoms with E-state index in [-0.39, 0.29) is 32.5 Å². The van der Waals surface area contributed by atoms with E-state index in [0.29, 0.717) is 0 Å². The summed E-state index contributed by atoms with van der Waals surface area (Å²) in [5, 5.41) is 2.78. The largest absolute Gasteiger partial charge is 0.0906 e. The summed E-state index contributed by atoms with van der Waals surface area (Å²) in [5.41, 5.74) is 12.7. The van der Waals surface area contributed by atoms with E-state index in [1.807, 2.05) is 0 Å². The Kier molecular flexibility index (Phi) is 11.7. The van der Waals surface area contributed by atoms with Gasteiger partial charge in [-0.1, -0.05) is 185 Å². The van der Waals surface area contributed by atoms with Crippen LogP contribution in [0.4, 0.5) is 0 Å². The van der Waals surface area contributed by atoms with Crippen molar-refractivity contribution in [2.75, 3.05) is 0 Å². The normalized spacial score (nSPS) is 14.9. The van der Waals surface area contributed by atoms with E-state index in [1.54, 1.807) is 0 Å². The Hall–Kier alpha value is -0.673. The van der Waals surface area contributed by atoms with E-state index in [1.165, 1.54) is 48.9 Å². The second kappa shape index (κ2) is 13.0. The maximum absolute atomic E-state index is 7.95. The van der Waals surface area contributed by atoms with Crippen LogP contribution in [0.3, 0.4) is 0 Å². The zero-order valence-corrected chi connectivity index (χ0v) is 36.6. The maximum Gasteiger partial charge on any atom is 0.0906 e. The lowest BCUT2D eigenvalue weighted by atomic mass is 9.75. The van der Waals surface area contributed by atoms with Crippen LogP contribution in [0, 0.1) is 0 Å². The summed E-state index contributed by atoms with van der Waals surface area (Å²) in [6.07, 6.45) is 0. The standard InChI is InChI=1S/C41H67ClP2Si/c1-36(2,3)27-22-29(38(7,8)9)34(30(23-27)39(10,11)12)43-26-33(45(19,20)21)44(42)35-31(40(13,14)15)24-28(37(4,5)6)25-32(35)41(16,17)18/h22-25H,1-21H3. The summed E-state index contributed by atoms with van der Waals surface area (Å²) in [4.78, 5) is 1.37. The molecule has 0 spiro atoms. The zero-order chi connectivity index (χ0) is 35.5. The SMILES string of the molecule is CC(C)(C)c1cc(C(C)(C)C)c(P=C=C(P(Cl)c2c(C(C)(C)C)cc(C(C)(C)C)cc2C(C)(C)C)[Si](C)(C)C)c(C(C)(C)C)c1. The van der Waals surface area contributed by atoms with Gasteiger partial charge in [-0.2, -0.15) is 0 Å². The Balaban J connectivity index is 3.20. The van der Waals surface area contributed by atoms with E-state index in [2.05, 4.69) is 174 Å². The van der Waals surface area contributed by atoms with Crippen molar-refractivity contribution in [2.24, 2.45) is 0 Å². The van der Waals surface area contributed by atoms with Crippen LogP contribution in [0.15, 0.2) is 29.2 Å². The number of hydrogen-bond donors (Lipinski definition) is 0. The van der Waals surface area contributed by atoms with Crippen molar-refractivity contribution in [3.05, 3.63) is 62.6 Å². The first kappa shape index (κ1) is 40.5. The van der Waals surface area contributed by atoms with Gasteiger partial charge in [0, 0.05) is 15.5 Å². The maximum atomic E-state index is 7.95. The molecular weight excluding hydrogens is 618 g/mol. The second-order valence-corrected chi connectivity index (χ2v) is 29.2. The Morgan fingerprint density at radius 2 is 0.822 bits per heavy atom. The van der Waals surface area contributed by atoms with Gasteiger partial charge in [-0.05, 0) is 74.1 Å². The topological polar surface area (TPSA) is 0 Å². The molecule has 0 fully saturated rings. The molecule has 45 heavy (non-hydrogen) atoms. The van der Waals surface area contributed by atoms with Crippen LogP contribution in [0.25, 0.3) is 0 Å². The molecule has 1 unspecified atom stereocenters. The highest BCUT2D eigenvalue weighted by Gasteiger charge is 2.37. The molecule has 0 saturated carbocycles. The average molecular weight is 685 g/mol. The van der Waals surface area contributed by atoms with Crippen molar-refractivity contribution >= 4 is 50.9 Å². The van der Waals surface area contributed by atoms with Gasteiger partial charge in [0.1, 0.15) is 0 Å². The minimum absolute atomic E-state index is 0.0118. The van der Waals surface area contributed by atoms with Crippen LogP contribution < -0.4 is 10.6 Å². The predicted octanol–water partition coefficient (Wildman–Crippen LogP) is 13.2. The molecule has 0 radical (unpaired) electrons. The number of rotatable bonds is 4. The molecule has 1 atom stereocenters. The Bertz CT molecular complexity index is 1380. The van der Waals surface area contributed by atoms with Crippen LogP contribution in [-0.4, -0.2) is 13.5 Å². The van der Waals surface area contributed by atoms with Crippen LogP contribution in [0.5, 0.6) is 0 Å². The molecule has 0 aliphatic carbocycles. The summed E-state index contributed by atoms with van der Waals surface area (Å²) in [5.74, 6) is 0. The quantitative estimate of drug-likeness (QED) is 0.222. The smallest absolute Gasteiger partial charge is 0.0876 e. The summed E-state index contributed by atoms with van der Waals surface area (Å²) in [6, 6.07) is 9.92.